The molecule has 0 bridgehead atoms. The Kier molecular flexibility index (Phi) is 7.80. The molecule has 0 amide bonds. The zero-order valence-corrected chi connectivity index (χ0v) is 21.5. The maximum absolute atomic E-state index is 12.7. The number of para-hydroxylation sites is 1. The van der Waals surface area contributed by atoms with Gasteiger partial charge < -0.3 is 15.8 Å². The van der Waals surface area contributed by atoms with E-state index in [0.29, 0.717) is 16.5 Å². The number of hydrogen-bond acceptors (Lipinski definition) is 5. The first-order chi connectivity index (χ1) is 16.4. The first kappa shape index (κ1) is 24.6. The Hall–Kier alpha value is -2.55. The summed E-state index contributed by atoms with van der Waals surface area (Å²) in [5.41, 5.74) is 8.78. The molecule has 1 atom stereocenters. The van der Waals surface area contributed by atoms with E-state index in [1.54, 1.807) is 13.2 Å². The average molecular weight is 545 g/mol. The summed E-state index contributed by atoms with van der Waals surface area (Å²) in [4.78, 5) is 0.309. The molecule has 1 aliphatic carbocycles. The highest BCUT2D eigenvalue weighted by atomic mass is 79.9. The summed E-state index contributed by atoms with van der Waals surface area (Å²) in [6, 6.07) is 20.7. The molecule has 180 valence electrons. The quantitative estimate of drug-likeness (QED) is 0.352. The van der Waals surface area contributed by atoms with Gasteiger partial charge in [-0.15, -0.1) is 0 Å². The van der Waals surface area contributed by atoms with Crippen molar-refractivity contribution in [2.45, 2.75) is 43.2 Å². The summed E-state index contributed by atoms with van der Waals surface area (Å²) in [6.45, 7) is 0. The van der Waals surface area contributed by atoms with E-state index in [1.165, 1.54) is 19.3 Å². The minimum Gasteiger partial charge on any atom is -0.496 e. The van der Waals surface area contributed by atoms with Gasteiger partial charge in [0, 0.05) is 15.7 Å². The first-order valence-corrected chi connectivity index (χ1v) is 13.7. The molecule has 0 radical (unpaired) electrons. The molecule has 0 saturated heterocycles. The van der Waals surface area contributed by atoms with Crippen LogP contribution in [-0.2, 0) is 10.0 Å². The van der Waals surface area contributed by atoms with Crippen molar-refractivity contribution in [1.82, 2.24) is 4.72 Å². The number of methoxy groups -OCH3 is 1. The molecule has 3 aromatic rings. The lowest BCUT2D eigenvalue weighted by molar-refractivity contribution is 0.306. The van der Waals surface area contributed by atoms with Gasteiger partial charge in [-0.05, 0) is 60.7 Å². The summed E-state index contributed by atoms with van der Waals surface area (Å²) in [6.07, 6.45) is 5.45. The number of anilines is 2. The molecule has 1 unspecified atom stereocenters. The molecule has 6 nitrogen and oxygen atoms in total. The molecule has 1 fully saturated rings. The third-order valence-electron chi connectivity index (χ3n) is 6.25. The van der Waals surface area contributed by atoms with Gasteiger partial charge in [-0.25, -0.2) is 8.42 Å². The van der Waals surface area contributed by atoms with Crippen molar-refractivity contribution in [1.29, 1.82) is 0 Å². The van der Waals surface area contributed by atoms with Crippen LogP contribution in [0.3, 0.4) is 0 Å². The Morgan fingerprint density at radius 2 is 1.74 bits per heavy atom. The van der Waals surface area contributed by atoms with Crippen molar-refractivity contribution >= 4 is 37.3 Å². The Bertz CT molecular complexity index is 1230. The van der Waals surface area contributed by atoms with Crippen LogP contribution >= 0.6 is 15.9 Å². The SMILES string of the molecule is COc1ccccc1-c1ccc2c(c1)NC(C1CCCCC1)NS2(=O)=O.Nc1cccc(Br)c1. The second-order valence-corrected chi connectivity index (χ2v) is 11.2. The summed E-state index contributed by atoms with van der Waals surface area (Å²) >= 11 is 3.28. The third kappa shape index (κ3) is 5.74. The molecule has 4 N–H and O–H groups in total. The number of fused-ring (bicyclic) bond motifs is 1. The van der Waals surface area contributed by atoms with E-state index >= 15 is 0 Å². The number of ether oxygens (including phenoxy) is 1. The van der Waals surface area contributed by atoms with Crippen LogP contribution < -0.4 is 20.5 Å². The highest BCUT2D eigenvalue weighted by Crippen LogP contribution is 2.37. The number of benzene rings is 3. The highest BCUT2D eigenvalue weighted by molar-refractivity contribution is 9.10. The van der Waals surface area contributed by atoms with Crippen LogP contribution in [0.1, 0.15) is 32.1 Å². The van der Waals surface area contributed by atoms with E-state index < -0.39 is 10.0 Å². The van der Waals surface area contributed by atoms with Gasteiger partial charge in [0.25, 0.3) is 0 Å². The van der Waals surface area contributed by atoms with Gasteiger partial charge in [0.1, 0.15) is 10.6 Å². The van der Waals surface area contributed by atoms with Crippen molar-refractivity contribution in [2.24, 2.45) is 5.92 Å². The molecule has 34 heavy (non-hydrogen) atoms. The number of sulfonamides is 1. The molecule has 1 heterocycles. The molecule has 0 spiro atoms. The Balaban J connectivity index is 0.000000291. The lowest BCUT2D eigenvalue weighted by atomic mass is 9.87. The van der Waals surface area contributed by atoms with Crippen LogP contribution in [0, 0.1) is 5.92 Å². The lowest BCUT2D eigenvalue weighted by Crippen LogP contribution is -2.49. The maximum atomic E-state index is 12.7. The Labute approximate surface area is 210 Å². The van der Waals surface area contributed by atoms with E-state index in [9.17, 15) is 8.42 Å². The number of nitrogens with one attached hydrogen (secondary N) is 2. The van der Waals surface area contributed by atoms with E-state index in [4.69, 9.17) is 10.5 Å². The smallest absolute Gasteiger partial charge is 0.244 e. The molecule has 2 aliphatic rings. The summed E-state index contributed by atoms with van der Waals surface area (Å²) in [7, 11) is -1.86. The molecular formula is C26H30BrN3O3S. The van der Waals surface area contributed by atoms with Crippen LogP contribution in [0.4, 0.5) is 11.4 Å². The second kappa shape index (κ2) is 10.8. The molecular weight excluding hydrogens is 514 g/mol. The molecule has 5 rings (SSSR count). The second-order valence-electron chi connectivity index (χ2n) is 8.61. The minimum atomic E-state index is -3.50. The predicted molar refractivity (Wildman–Crippen MR) is 141 cm³/mol. The van der Waals surface area contributed by atoms with Crippen LogP contribution in [0.2, 0.25) is 0 Å². The van der Waals surface area contributed by atoms with Crippen molar-refractivity contribution in [3.63, 3.8) is 0 Å². The molecule has 0 aromatic heterocycles. The molecule has 3 aromatic carbocycles. The van der Waals surface area contributed by atoms with Gasteiger partial charge in [0.15, 0.2) is 0 Å². The largest absolute Gasteiger partial charge is 0.496 e. The average Bonchev–Trinajstić information content (AvgIpc) is 2.84. The number of hydrogen-bond donors (Lipinski definition) is 3. The minimum absolute atomic E-state index is 0.235. The Morgan fingerprint density at radius 3 is 2.41 bits per heavy atom. The third-order valence-corrected chi connectivity index (χ3v) is 8.24. The Morgan fingerprint density at radius 1 is 0.971 bits per heavy atom. The number of rotatable bonds is 3. The highest BCUT2D eigenvalue weighted by Gasteiger charge is 2.34. The van der Waals surface area contributed by atoms with Gasteiger partial charge in [-0.2, -0.15) is 4.72 Å². The topological polar surface area (TPSA) is 93.5 Å². The van der Waals surface area contributed by atoms with Crippen molar-refractivity contribution < 1.29 is 13.2 Å². The van der Waals surface area contributed by atoms with Gasteiger partial charge in [0.2, 0.25) is 10.0 Å². The lowest BCUT2D eigenvalue weighted by Gasteiger charge is -2.35. The van der Waals surface area contributed by atoms with Gasteiger partial charge in [-0.1, -0.05) is 65.5 Å². The van der Waals surface area contributed by atoms with E-state index in [2.05, 4.69) is 26.0 Å². The van der Waals surface area contributed by atoms with Crippen LogP contribution in [0.15, 0.2) is 76.1 Å². The van der Waals surface area contributed by atoms with E-state index in [1.807, 2.05) is 60.7 Å². The van der Waals surface area contributed by atoms with Crippen molar-refractivity contribution in [3.05, 3.63) is 71.2 Å². The molecule has 8 heteroatoms. The first-order valence-electron chi connectivity index (χ1n) is 11.4. The van der Waals surface area contributed by atoms with Gasteiger partial charge in [-0.3, -0.25) is 0 Å². The molecule has 1 aliphatic heterocycles. The molecule has 1 saturated carbocycles. The van der Waals surface area contributed by atoms with Gasteiger partial charge >= 0.3 is 0 Å². The van der Waals surface area contributed by atoms with Crippen LogP contribution in [0.25, 0.3) is 11.1 Å². The van der Waals surface area contributed by atoms with Crippen molar-refractivity contribution in [2.75, 3.05) is 18.2 Å². The van der Waals surface area contributed by atoms with Crippen LogP contribution in [-0.4, -0.2) is 21.7 Å². The number of halogens is 1. The summed E-state index contributed by atoms with van der Waals surface area (Å²) in [5.74, 6) is 1.11. The normalized spacial score (nSPS) is 19.2. The van der Waals surface area contributed by atoms with E-state index in [-0.39, 0.29) is 6.17 Å². The zero-order valence-electron chi connectivity index (χ0n) is 19.1. The van der Waals surface area contributed by atoms with E-state index in [0.717, 1.165) is 39.9 Å². The van der Waals surface area contributed by atoms with Crippen LogP contribution in [0.5, 0.6) is 5.75 Å². The maximum Gasteiger partial charge on any atom is 0.244 e. The fourth-order valence-corrected chi connectivity index (χ4v) is 6.33. The number of nitrogens with two attached hydrogens (primary N) is 1. The standard InChI is InChI=1S/C20H24N2O3S.C6H6BrN/c1-25-18-10-6-5-9-16(18)15-11-12-19-17(13-15)21-20(22-26(19,23)24)14-7-3-2-4-8-14;7-5-2-1-3-6(8)4-5/h5-6,9-14,20-22H,2-4,7-8H2,1H3;1-4H,8H2. The fraction of sp³-hybridized carbons (Fsp3) is 0.308. The monoisotopic (exact) mass is 543 g/mol. The van der Waals surface area contributed by atoms with Gasteiger partial charge in [0.05, 0.1) is 19.0 Å². The zero-order chi connectivity index (χ0) is 24.1. The summed E-state index contributed by atoms with van der Waals surface area (Å²) < 4.78 is 34.8. The number of nitrogen functional groups attached to an aromatic ring is 1. The predicted octanol–water partition coefficient (Wildman–Crippen LogP) is 6.00. The van der Waals surface area contributed by atoms with Crippen molar-refractivity contribution in [3.8, 4) is 16.9 Å². The summed E-state index contributed by atoms with van der Waals surface area (Å²) in [5, 5.41) is 3.44. The fourth-order valence-electron chi connectivity index (χ4n) is 4.54.